The van der Waals surface area contributed by atoms with Crippen molar-refractivity contribution in [2.24, 2.45) is 0 Å². The molecule has 0 saturated heterocycles. The molecule has 0 atom stereocenters. The summed E-state index contributed by atoms with van der Waals surface area (Å²) in [4.78, 5) is 13.7. The van der Waals surface area contributed by atoms with Gasteiger partial charge in [-0.1, -0.05) is 11.6 Å². The van der Waals surface area contributed by atoms with E-state index in [0.29, 0.717) is 9.90 Å². The third-order valence-corrected chi connectivity index (χ3v) is 6.80. The van der Waals surface area contributed by atoms with Crippen LogP contribution in [0.4, 0.5) is 0 Å². The molecule has 0 radical (unpaired) electrons. The van der Waals surface area contributed by atoms with Crippen molar-refractivity contribution in [1.29, 1.82) is 0 Å². The first-order valence-electron chi connectivity index (χ1n) is 4.62. The van der Waals surface area contributed by atoms with Crippen LogP contribution in [0.15, 0.2) is 27.4 Å². The van der Waals surface area contributed by atoms with Gasteiger partial charge in [-0.2, -0.15) is 0 Å². The van der Waals surface area contributed by atoms with Gasteiger partial charge < -0.3 is 0 Å². The average molecular weight is 364 g/mol. The van der Waals surface area contributed by atoms with Gasteiger partial charge in [-0.15, -0.1) is 34.0 Å². The van der Waals surface area contributed by atoms with Crippen molar-refractivity contribution in [2.75, 3.05) is 0 Å². The van der Waals surface area contributed by atoms with Crippen molar-refractivity contribution in [1.82, 2.24) is 0 Å². The minimum absolute atomic E-state index is 0.0519. The molecule has 86 valence electrons. The molecule has 0 bridgehead atoms. The molecule has 17 heavy (non-hydrogen) atoms. The zero-order chi connectivity index (χ0) is 12.0. The number of hydrogen-bond donors (Lipinski definition) is 0. The second-order valence-electron chi connectivity index (χ2n) is 3.32. The molecule has 0 saturated carbocycles. The number of halogens is 2. The topological polar surface area (TPSA) is 17.1 Å². The minimum atomic E-state index is 0.0519. The van der Waals surface area contributed by atoms with Gasteiger partial charge in [-0.25, -0.2) is 0 Å². The molecule has 6 heteroatoms. The Bertz CT molecular complexity index is 661. The first-order chi connectivity index (χ1) is 8.15. The molecular formula is C11H4BrClOS3. The largest absolute Gasteiger partial charge is 0.287 e. The molecule has 1 nitrogen and oxygen atoms in total. The van der Waals surface area contributed by atoms with Crippen LogP contribution in [-0.4, -0.2) is 5.78 Å². The molecular weight excluding hydrogens is 360 g/mol. The van der Waals surface area contributed by atoms with Crippen LogP contribution in [0.5, 0.6) is 0 Å². The van der Waals surface area contributed by atoms with E-state index in [1.165, 1.54) is 32.1 Å². The summed E-state index contributed by atoms with van der Waals surface area (Å²) in [5.41, 5.74) is 0. The van der Waals surface area contributed by atoms with Crippen LogP contribution in [0.3, 0.4) is 0 Å². The lowest BCUT2D eigenvalue weighted by Crippen LogP contribution is -1.93. The van der Waals surface area contributed by atoms with Gasteiger partial charge in [0.2, 0.25) is 5.78 Å². The van der Waals surface area contributed by atoms with Gasteiger partial charge in [0.15, 0.2) is 0 Å². The van der Waals surface area contributed by atoms with E-state index in [0.717, 1.165) is 8.66 Å². The fourth-order valence-corrected chi connectivity index (χ4v) is 5.24. The molecule has 3 aromatic heterocycles. The molecule has 0 aromatic carbocycles. The summed E-state index contributed by atoms with van der Waals surface area (Å²) in [6.07, 6.45) is 0. The van der Waals surface area contributed by atoms with Crippen LogP contribution < -0.4 is 0 Å². The molecule has 0 fully saturated rings. The lowest BCUT2D eigenvalue weighted by molar-refractivity contribution is 0.104. The number of carbonyl (C=O) groups excluding carboxylic acids is 1. The number of fused-ring (bicyclic) bond motifs is 1. The molecule has 0 aliphatic carbocycles. The van der Waals surface area contributed by atoms with E-state index in [4.69, 9.17) is 11.6 Å². The van der Waals surface area contributed by atoms with Gasteiger partial charge in [0.05, 0.1) is 18.6 Å². The summed E-state index contributed by atoms with van der Waals surface area (Å²) in [5.74, 6) is 0.0519. The highest BCUT2D eigenvalue weighted by molar-refractivity contribution is 9.11. The summed E-state index contributed by atoms with van der Waals surface area (Å²) in [6, 6.07) is 5.71. The van der Waals surface area contributed by atoms with E-state index in [9.17, 15) is 4.79 Å². The number of carbonyl (C=O) groups is 1. The highest BCUT2D eigenvalue weighted by Crippen LogP contribution is 2.36. The van der Waals surface area contributed by atoms with Gasteiger partial charge in [-0.05, 0) is 39.5 Å². The van der Waals surface area contributed by atoms with Crippen LogP contribution in [0, 0.1) is 0 Å². The smallest absolute Gasteiger partial charge is 0.213 e. The minimum Gasteiger partial charge on any atom is -0.287 e. The molecule has 0 N–H and O–H groups in total. The Morgan fingerprint density at radius 3 is 2.59 bits per heavy atom. The van der Waals surface area contributed by atoms with Gasteiger partial charge in [0.25, 0.3) is 0 Å². The Morgan fingerprint density at radius 1 is 1.18 bits per heavy atom. The fourth-order valence-electron chi connectivity index (χ4n) is 1.46. The molecule has 3 rings (SSSR count). The SMILES string of the molecule is O=C(c1cc(Cl)c(Br)s1)c1cc2sccc2s1. The van der Waals surface area contributed by atoms with Crippen molar-refractivity contribution in [2.45, 2.75) is 0 Å². The predicted octanol–water partition coefficient (Wildman–Crippen LogP) is 5.67. The molecule has 3 aromatic rings. The van der Waals surface area contributed by atoms with Crippen LogP contribution in [0.25, 0.3) is 9.40 Å². The predicted molar refractivity (Wildman–Crippen MR) is 80.2 cm³/mol. The Kier molecular flexibility index (Phi) is 3.13. The third-order valence-electron chi connectivity index (χ3n) is 2.23. The quantitative estimate of drug-likeness (QED) is 0.536. The number of rotatable bonds is 2. The third kappa shape index (κ3) is 2.11. The van der Waals surface area contributed by atoms with Crippen LogP contribution in [0.2, 0.25) is 5.02 Å². The molecule has 0 aliphatic rings. The van der Waals surface area contributed by atoms with Crippen LogP contribution in [0.1, 0.15) is 14.5 Å². The molecule has 0 amide bonds. The summed E-state index contributed by atoms with van der Waals surface area (Å²) in [6.45, 7) is 0. The molecule has 3 heterocycles. The number of thiophene rings is 3. The second-order valence-corrected chi connectivity index (χ2v) is 8.13. The van der Waals surface area contributed by atoms with Crippen molar-refractivity contribution in [3.05, 3.63) is 42.1 Å². The van der Waals surface area contributed by atoms with Gasteiger partial charge in [-0.3, -0.25) is 4.79 Å². The zero-order valence-corrected chi connectivity index (χ0v) is 13.0. The zero-order valence-electron chi connectivity index (χ0n) is 8.20. The Morgan fingerprint density at radius 2 is 1.94 bits per heavy atom. The highest BCUT2D eigenvalue weighted by atomic mass is 79.9. The monoisotopic (exact) mass is 362 g/mol. The van der Waals surface area contributed by atoms with Crippen molar-refractivity contribution < 1.29 is 4.79 Å². The molecule has 0 unspecified atom stereocenters. The Balaban J connectivity index is 2.04. The highest BCUT2D eigenvalue weighted by Gasteiger charge is 2.17. The maximum Gasteiger partial charge on any atom is 0.213 e. The lowest BCUT2D eigenvalue weighted by atomic mass is 10.3. The maximum absolute atomic E-state index is 12.2. The Labute approximate surface area is 123 Å². The van der Waals surface area contributed by atoms with Crippen molar-refractivity contribution in [3.8, 4) is 0 Å². The second kappa shape index (κ2) is 4.48. The standard InChI is InChI=1S/C11H4BrClOS3/c12-11-5(13)3-8(17-11)10(14)9-4-7-6(16-9)1-2-15-7/h1-4H. The number of hydrogen-bond acceptors (Lipinski definition) is 4. The van der Waals surface area contributed by atoms with E-state index in [2.05, 4.69) is 15.9 Å². The molecule has 0 aliphatic heterocycles. The maximum atomic E-state index is 12.2. The van der Waals surface area contributed by atoms with E-state index in [-0.39, 0.29) is 5.78 Å². The summed E-state index contributed by atoms with van der Waals surface area (Å²) in [5, 5.41) is 2.63. The summed E-state index contributed by atoms with van der Waals surface area (Å²) >= 11 is 13.8. The number of ketones is 1. The van der Waals surface area contributed by atoms with Crippen molar-refractivity contribution >= 4 is 76.7 Å². The Hall–Kier alpha value is -0.200. The van der Waals surface area contributed by atoms with Gasteiger partial charge in [0, 0.05) is 9.40 Å². The lowest BCUT2D eigenvalue weighted by Gasteiger charge is -1.90. The van der Waals surface area contributed by atoms with E-state index in [1.807, 2.05) is 17.5 Å². The van der Waals surface area contributed by atoms with E-state index in [1.54, 1.807) is 17.4 Å². The van der Waals surface area contributed by atoms with Crippen LogP contribution >= 0.6 is 61.5 Å². The summed E-state index contributed by atoms with van der Waals surface area (Å²) in [7, 11) is 0. The first kappa shape index (κ1) is 11.9. The normalized spacial score (nSPS) is 11.2. The average Bonchev–Trinajstić information content (AvgIpc) is 2.92. The van der Waals surface area contributed by atoms with Gasteiger partial charge >= 0.3 is 0 Å². The van der Waals surface area contributed by atoms with Gasteiger partial charge in [0.1, 0.15) is 0 Å². The first-order valence-corrected chi connectivity index (χ1v) is 8.30. The van der Waals surface area contributed by atoms with Crippen molar-refractivity contribution in [3.63, 3.8) is 0 Å². The van der Waals surface area contributed by atoms with Crippen LogP contribution in [-0.2, 0) is 0 Å². The summed E-state index contributed by atoms with van der Waals surface area (Å²) < 4.78 is 3.14. The fraction of sp³-hybridized carbons (Fsp3) is 0. The van der Waals surface area contributed by atoms with E-state index < -0.39 is 0 Å². The molecule has 0 spiro atoms. The van der Waals surface area contributed by atoms with E-state index >= 15 is 0 Å².